The van der Waals surface area contributed by atoms with Gasteiger partial charge in [0.15, 0.2) is 0 Å². The molecule has 1 atom stereocenters. The third-order valence-corrected chi connectivity index (χ3v) is 7.83. The van der Waals surface area contributed by atoms with E-state index in [2.05, 4.69) is 5.32 Å². The zero-order chi connectivity index (χ0) is 25.8. The Hall–Kier alpha value is -2.58. The second-order valence-electron chi connectivity index (χ2n) is 9.37. The van der Waals surface area contributed by atoms with Crippen LogP contribution in [-0.4, -0.2) is 50.0 Å². The largest absolute Gasteiger partial charge is 0.352 e. The molecule has 0 aliphatic heterocycles. The predicted octanol–water partition coefficient (Wildman–Crippen LogP) is 4.20. The molecule has 1 aliphatic rings. The Labute approximate surface area is 213 Å². The van der Waals surface area contributed by atoms with Gasteiger partial charge in [0.25, 0.3) is 0 Å². The molecule has 0 spiro atoms. The van der Waals surface area contributed by atoms with Crippen molar-refractivity contribution in [3.05, 3.63) is 64.2 Å². The van der Waals surface area contributed by atoms with E-state index in [1.165, 1.54) is 4.90 Å². The number of nitrogens with zero attached hydrogens (tertiary/aromatic N) is 2. The maximum absolute atomic E-state index is 13.6. The molecular weight excluding hydrogens is 486 g/mol. The molecule has 7 nitrogen and oxygen atoms in total. The summed E-state index contributed by atoms with van der Waals surface area (Å²) >= 11 is 6.02. The molecule has 0 saturated heterocycles. The van der Waals surface area contributed by atoms with Crippen LogP contribution in [0, 0.1) is 13.8 Å². The monoisotopic (exact) mass is 519 g/mol. The van der Waals surface area contributed by atoms with Crippen LogP contribution in [0.2, 0.25) is 5.02 Å². The third-order valence-electron chi connectivity index (χ3n) is 6.45. The fourth-order valence-corrected chi connectivity index (χ4v) is 5.37. The normalized spacial score (nSPS) is 15.0. The van der Waals surface area contributed by atoms with Crippen LogP contribution >= 0.6 is 11.6 Å². The summed E-state index contributed by atoms with van der Waals surface area (Å²) in [7, 11) is -3.76. The topological polar surface area (TPSA) is 86.8 Å². The van der Waals surface area contributed by atoms with Gasteiger partial charge in [0, 0.05) is 17.6 Å². The van der Waals surface area contributed by atoms with Crippen molar-refractivity contribution in [2.24, 2.45) is 0 Å². The SMILES string of the molecule is Cc1ccc(C)c(N(CC(=O)N(Cc2ccc(Cl)cc2)C(C)C(=O)NC2CCCC2)S(C)(=O)=O)c1. The molecule has 190 valence electrons. The number of carbonyl (C=O) groups excluding carboxylic acids is 2. The predicted molar refractivity (Wildman–Crippen MR) is 140 cm³/mol. The molecule has 35 heavy (non-hydrogen) atoms. The summed E-state index contributed by atoms with van der Waals surface area (Å²) < 4.78 is 26.6. The van der Waals surface area contributed by atoms with Crippen molar-refractivity contribution in [3.8, 4) is 0 Å². The molecule has 9 heteroatoms. The number of hydrogen-bond acceptors (Lipinski definition) is 4. The fraction of sp³-hybridized carbons (Fsp3) is 0.462. The molecule has 0 radical (unpaired) electrons. The summed E-state index contributed by atoms with van der Waals surface area (Å²) in [6, 6.07) is 11.8. The maximum Gasteiger partial charge on any atom is 0.244 e. The van der Waals surface area contributed by atoms with Gasteiger partial charge in [0.2, 0.25) is 21.8 Å². The van der Waals surface area contributed by atoms with E-state index in [4.69, 9.17) is 11.6 Å². The van der Waals surface area contributed by atoms with E-state index < -0.39 is 28.5 Å². The number of amides is 2. The smallest absolute Gasteiger partial charge is 0.244 e. The number of aryl methyl sites for hydroxylation is 2. The highest BCUT2D eigenvalue weighted by atomic mass is 35.5. The zero-order valence-corrected chi connectivity index (χ0v) is 22.3. The molecule has 2 amide bonds. The Morgan fingerprint density at radius 2 is 1.71 bits per heavy atom. The lowest BCUT2D eigenvalue weighted by molar-refractivity contribution is -0.139. The van der Waals surface area contributed by atoms with Gasteiger partial charge in [-0.1, -0.05) is 48.7 Å². The summed E-state index contributed by atoms with van der Waals surface area (Å²) in [6.45, 7) is 5.10. The zero-order valence-electron chi connectivity index (χ0n) is 20.8. The Morgan fingerprint density at radius 3 is 2.31 bits per heavy atom. The van der Waals surface area contributed by atoms with Gasteiger partial charge >= 0.3 is 0 Å². The Kier molecular flexibility index (Phi) is 8.83. The standard InChI is InChI=1S/C26H34ClN3O4S/c1-18-9-10-19(2)24(15-18)30(35(4,33)34)17-25(31)29(16-21-11-13-22(27)14-12-21)20(3)26(32)28-23-7-5-6-8-23/h9-15,20,23H,5-8,16-17H2,1-4H3,(H,28,32). The van der Waals surface area contributed by atoms with Crippen molar-refractivity contribution < 1.29 is 18.0 Å². The molecule has 1 unspecified atom stereocenters. The summed E-state index contributed by atoms with van der Waals surface area (Å²) in [5.41, 5.74) is 2.87. The summed E-state index contributed by atoms with van der Waals surface area (Å²) in [5, 5.41) is 3.62. The molecule has 2 aromatic carbocycles. The highest BCUT2D eigenvalue weighted by Gasteiger charge is 2.31. The molecular formula is C26H34ClN3O4S. The van der Waals surface area contributed by atoms with Crippen molar-refractivity contribution in [1.82, 2.24) is 10.2 Å². The Balaban J connectivity index is 1.90. The van der Waals surface area contributed by atoms with Crippen LogP contribution in [0.3, 0.4) is 0 Å². The summed E-state index contributed by atoms with van der Waals surface area (Å²) in [4.78, 5) is 28.2. The van der Waals surface area contributed by atoms with Gasteiger partial charge in [-0.05, 0) is 68.5 Å². The van der Waals surface area contributed by atoms with E-state index in [0.717, 1.165) is 52.9 Å². The van der Waals surface area contributed by atoms with Crippen LogP contribution in [0.1, 0.15) is 49.3 Å². The average molecular weight is 520 g/mol. The lowest BCUT2D eigenvalue weighted by Gasteiger charge is -2.32. The van der Waals surface area contributed by atoms with Crippen molar-refractivity contribution in [3.63, 3.8) is 0 Å². The number of hydrogen-bond donors (Lipinski definition) is 1. The molecule has 0 aromatic heterocycles. The second kappa shape index (κ2) is 11.4. The van der Waals surface area contributed by atoms with Crippen LogP contribution < -0.4 is 9.62 Å². The first kappa shape index (κ1) is 27.0. The van der Waals surface area contributed by atoms with Crippen LogP contribution in [0.5, 0.6) is 0 Å². The Bertz CT molecular complexity index is 1160. The Morgan fingerprint density at radius 1 is 1.09 bits per heavy atom. The van der Waals surface area contributed by atoms with Gasteiger partial charge in [0.1, 0.15) is 12.6 Å². The summed E-state index contributed by atoms with van der Waals surface area (Å²) in [6.07, 6.45) is 5.09. The first-order chi connectivity index (χ1) is 16.5. The average Bonchev–Trinajstić information content (AvgIpc) is 3.30. The van der Waals surface area contributed by atoms with Crippen molar-refractivity contribution in [2.75, 3.05) is 17.1 Å². The maximum atomic E-state index is 13.6. The van der Waals surface area contributed by atoms with Gasteiger partial charge in [-0.15, -0.1) is 0 Å². The molecule has 1 N–H and O–H groups in total. The number of benzene rings is 2. The van der Waals surface area contributed by atoms with Crippen molar-refractivity contribution in [1.29, 1.82) is 0 Å². The van der Waals surface area contributed by atoms with E-state index in [1.54, 1.807) is 44.2 Å². The van der Waals surface area contributed by atoms with Crippen LogP contribution in [-0.2, 0) is 26.2 Å². The molecule has 2 aromatic rings. The number of anilines is 1. The van der Waals surface area contributed by atoms with E-state index >= 15 is 0 Å². The van der Waals surface area contributed by atoms with E-state index in [-0.39, 0.29) is 18.5 Å². The highest BCUT2D eigenvalue weighted by Crippen LogP contribution is 2.25. The van der Waals surface area contributed by atoms with Gasteiger partial charge < -0.3 is 10.2 Å². The second-order valence-corrected chi connectivity index (χ2v) is 11.7. The molecule has 0 heterocycles. The van der Waals surface area contributed by atoms with Gasteiger partial charge in [0.05, 0.1) is 11.9 Å². The minimum Gasteiger partial charge on any atom is -0.352 e. The van der Waals surface area contributed by atoms with Crippen LogP contribution in [0.15, 0.2) is 42.5 Å². The molecule has 1 fully saturated rings. The first-order valence-corrected chi connectivity index (χ1v) is 14.1. The van der Waals surface area contributed by atoms with Gasteiger partial charge in [-0.3, -0.25) is 13.9 Å². The quantitative estimate of drug-likeness (QED) is 0.538. The number of sulfonamides is 1. The summed E-state index contributed by atoms with van der Waals surface area (Å²) in [5.74, 6) is -0.697. The highest BCUT2D eigenvalue weighted by molar-refractivity contribution is 7.92. The van der Waals surface area contributed by atoms with Crippen LogP contribution in [0.4, 0.5) is 5.69 Å². The van der Waals surface area contributed by atoms with Gasteiger partial charge in [-0.25, -0.2) is 8.42 Å². The number of halogens is 1. The molecule has 3 rings (SSSR count). The minimum atomic E-state index is -3.76. The van der Waals surface area contributed by atoms with E-state index in [0.29, 0.717) is 10.7 Å². The van der Waals surface area contributed by atoms with E-state index in [9.17, 15) is 18.0 Å². The number of nitrogens with one attached hydrogen (secondary N) is 1. The molecule has 0 bridgehead atoms. The first-order valence-electron chi connectivity index (χ1n) is 11.8. The lowest BCUT2D eigenvalue weighted by Crippen LogP contribution is -2.52. The van der Waals surface area contributed by atoms with Crippen molar-refractivity contribution in [2.45, 2.75) is 65.1 Å². The van der Waals surface area contributed by atoms with Gasteiger partial charge in [-0.2, -0.15) is 0 Å². The number of rotatable bonds is 9. The van der Waals surface area contributed by atoms with Crippen LogP contribution in [0.25, 0.3) is 0 Å². The molecule has 1 saturated carbocycles. The minimum absolute atomic E-state index is 0.111. The molecule has 1 aliphatic carbocycles. The van der Waals surface area contributed by atoms with Crippen molar-refractivity contribution >= 4 is 39.1 Å². The fourth-order valence-electron chi connectivity index (χ4n) is 4.34. The van der Waals surface area contributed by atoms with E-state index in [1.807, 2.05) is 19.1 Å². The number of carbonyl (C=O) groups is 2. The third kappa shape index (κ3) is 7.21. The lowest BCUT2D eigenvalue weighted by atomic mass is 10.1.